The summed E-state index contributed by atoms with van der Waals surface area (Å²) >= 11 is 0. The minimum atomic E-state index is -4.42. The van der Waals surface area contributed by atoms with Crippen molar-refractivity contribution < 1.29 is 17.6 Å². The summed E-state index contributed by atoms with van der Waals surface area (Å²) in [4.78, 5) is 0. The highest BCUT2D eigenvalue weighted by Crippen LogP contribution is 2.34. The van der Waals surface area contributed by atoms with Gasteiger partial charge in [0.25, 0.3) is 0 Å². The third-order valence-electron chi connectivity index (χ3n) is 3.29. The lowest BCUT2D eigenvalue weighted by atomic mass is 10.0. The maximum atomic E-state index is 12.6. The van der Waals surface area contributed by atoms with Crippen LogP contribution in [0.1, 0.15) is 5.56 Å². The summed E-state index contributed by atoms with van der Waals surface area (Å²) in [5.74, 6) is 0.625. The van der Waals surface area contributed by atoms with E-state index in [4.69, 9.17) is 4.42 Å². The van der Waals surface area contributed by atoms with E-state index in [0.717, 1.165) is 16.5 Å². The molecule has 0 aliphatic heterocycles. The molecule has 0 bridgehead atoms. The van der Waals surface area contributed by atoms with Crippen molar-refractivity contribution in [1.29, 1.82) is 0 Å². The first-order valence-electron chi connectivity index (χ1n) is 6.30. The predicted molar refractivity (Wildman–Crippen MR) is 76.7 cm³/mol. The van der Waals surface area contributed by atoms with Crippen molar-refractivity contribution in [1.82, 2.24) is 0 Å². The number of benzene rings is 2. The molecule has 1 heterocycles. The van der Waals surface area contributed by atoms with Crippen LogP contribution in [0.5, 0.6) is 0 Å². The van der Waals surface area contributed by atoms with Gasteiger partial charge in [-0.3, -0.25) is 0 Å². The molecule has 0 N–H and O–H groups in total. The summed E-state index contributed by atoms with van der Waals surface area (Å²) in [6.07, 6.45) is -4.42. The molecule has 0 amide bonds. The van der Waals surface area contributed by atoms with Crippen molar-refractivity contribution in [3.05, 3.63) is 66.7 Å². The van der Waals surface area contributed by atoms with E-state index < -0.39 is 11.7 Å². The van der Waals surface area contributed by atoms with Crippen molar-refractivity contribution in [2.45, 2.75) is 6.18 Å². The van der Waals surface area contributed by atoms with Gasteiger partial charge in [-0.25, -0.2) is 0 Å². The van der Waals surface area contributed by atoms with Gasteiger partial charge in [-0.2, -0.15) is 13.2 Å². The molecule has 3 rings (SSSR count). The van der Waals surface area contributed by atoms with E-state index in [1.165, 1.54) is 12.1 Å². The zero-order chi connectivity index (χ0) is 15.0. The minimum Gasteiger partial charge on any atom is -0.456 e. The van der Waals surface area contributed by atoms with Gasteiger partial charge in [0.15, 0.2) is 0 Å². The summed E-state index contributed by atoms with van der Waals surface area (Å²) in [7, 11) is 0. The summed E-state index contributed by atoms with van der Waals surface area (Å²) in [6.45, 7) is 3.08. The summed E-state index contributed by atoms with van der Waals surface area (Å²) in [6, 6.07) is 15.4. The van der Waals surface area contributed by atoms with E-state index in [1.807, 2.05) is 30.3 Å². The number of para-hydroxylation sites is 1. The molecule has 1 aromatic heterocycles. The molecule has 0 aliphatic carbocycles. The van der Waals surface area contributed by atoms with Crippen molar-refractivity contribution in [3.63, 3.8) is 0 Å². The Morgan fingerprint density at radius 1 is 0.952 bits per heavy atom. The fourth-order valence-corrected chi connectivity index (χ4v) is 2.12. The Hall–Kier alpha value is -2.49. The molecule has 21 heavy (non-hydrogen) atoms. The van der Waals surface area contributed by atoms with Crippen LogP contribution in [0.2, 0.25) is 0 Å². The number of halogens is 3. The second-order valence-corrected chi connectivity index (χ2v) is 4.70. The number of allylic oxidation sites excluding steroid dienone is 1. The normalized spacial score (nSPS) is 11.8. The molecule has 106 valence electrons. The Kier molecular flexibility index (Phi) is 3.09. The number of rotatable bonds is 2. The van der Waals surface area contributed by atoms with Gasteiger partial charge in [0.2, 0.25) is 0 Å². The largest absolute Gasteiger partial charge is 0.456 e. The molecule has 2 aromatic carbocycles. The lowest BCUT2D eigenvalue weighted by molar-refractivity contribution is -0.0686. The van der Waals surface area contributed by atoms with Crippen LogP contribution >= 0.6 is 0 Å². The topological polar surface area (TPSA) is 13.1 Å². The van der Waals surface area contributed by atoms with E-state index in [-0.39, 0.29) is 5.56 Å². The van der Waals surface area contributed by atoms with Crippen LogP contribution in [0.15, 0.2) is 65.6 Å². The first-order chi connectivity index (χ1) is 9.95. The molecule has 0 atom stereocenters. The monoisotopic (exact) mass is 288 g/mol. The zero-order valence-electron chi connectivity index (χ0n) is 10.9. The highest BCUT2D eigenvalue weighted by Gasteiger charge is 2.32. The third-order valence-corrected chi connectivity index (χ3v) is 3.29. The van der Waals surface area contributed by atoms with Gasteiger partial charge in [-0.1, -0.05) is 49.0 Å². The van der Waals surface area contributed by atoms with Gasteiger partial charge >= 0.3 is 6.18 Å². The van der Waals surface area contributed by atoms with Crippen LogP contribution in [-0.4, -0.2) is 6.18 Å². The Morgan fingerprint density at radius 2 is 1.62 bits per heavy atom. The lowest BCUT2D eigenvalue weighted by Gasteiger charge is -2.10. The van der Waals surface area contributed by atoms with Crippen molar-refractivity contribution in [2.24, 2.45) is 0 Å². The maximum absolute atomic E-state index is 12.6. The smallest absolute Gasteiger partial charge is 0.416 e. The van der Waals surface area contributed by atoms with Crippen LogP contribution in [0.4, 0.5) is 13.2 Å². The van der Waals surface area contributed by atoms with Crippen molar-refractivity contribution in [2.75, 3.05) is 0 Å². The Morgan fingerprint density at radius 3 is 2.24 bits per heavy atom. The van der Waals surface area contributed by atoms with Crippen LogP contribution < -0.4 is 0 Å². The summed E-state index contributed by atoms with van der Waals surface area (Å²) in [5, 5.41) is 0.955. The molecule has 4 heteroatoms. The number of hydrogen-bond acceptors (Lipinski definition) is 1. The Labute approximate surface area is 119 Å². The van der Waals surface area contributed by atoms with E-state index in [9.17, 15) is 13.2 Å². The number of fused-ring (bicyclic) bond motifs is 1. The average molecular weight is 288 g/mol. The SMILES string of the molecule is C=C(c1ccc(-c2cc3ccccc3o2)cc1)C(F)(F)F. The predicted octanol–water partition coefficient (Wildman–Crippen LogP) is 5.68. The molecular formula is C17H11F3O. The van der Waals surface area contributed by atoms with Crippen LogP contribution in [-0.2, 0) is 0 Å². The lowest BCUT2D eigenvalue weighted by Crippen LogP contribution is -2.09. The van der Waals surface area contributed by atoms with Crippen molar-refractivity contribution in [3.8, 4) is 11.3 Å². The molecular weight excluding hydrogens is 277 g/mol. The minimum absolute atomic E-state index is 0.0577. The average Bonchev–Trinajstić information content (AvgIpc) is 2.89. The van der Waals surface area contributed by atoms with Crippen LogP contribution in [0.3, 0.4) is 0 Å². The third kappa shape index (κ3) is 2.57. The zero-order valence-corrected chi connectivity index (χ0v) is 10.9. The quantitative estimate of drug-likeness (QED) is 0.591. The highest BCUT2D eigenvalue weighted by molar-refractivity contribution is 5.83. The molecule has 1 nitrogen and oxygen atoms in total. The van der Waals surface area contributed by atoms with Crippen LogP contribution in [0, 0.1) is 0 Å². The van der Waals surface area contributed by atoms with E-state index >= 15 is 0 Å². The number of alkyl halides is 3. The summed E-state index contributed by atoms with van der Waals surface area (Å²) < 4.78 is 43.4. The van der Waals surface area contributed by atoms with Gasteiger partial charge in [0.05, 0.1) is 5.57 Å². The van der Waals surface area contributed by atoms with E-state index in [0.29, 0.717) is 5.76 Å². The molecule has 0 saturated carbocycles. The Bertz CT molecular complexity index is 762. The van der Waals surface area contributed by atoms with Gasteiger partial charge < -0.3 is 4.42 Å². The van der Waals surface area contributed by atoms with Crippen molar-refractivity contribution >= 4 is 16.5 Å². The van der Waals surface area contributed by atoms with Gasteiger partial charge in [0.1, 0.15) is 11.3 Å². The number of hydrogen-bond donors (Lipinski definition) is 0. The standard InChI is InChI=1S/C17H11F3O/c1-11(17(18,19)20)12-6-8-13(9-7-12)16-10-14-4-2-3-5-15(14)21-16/h2-10H,1H2. The first kappa shape index (κ1) is 13.5. The highest BCUT2D eigenvalue weighted by atomic mass is 19.4. The van der Waals surface area contributed by atoms with Gasteiger partial charge in [0, 0.05) is 10.9 Å². The molecule has 0 unspecified atom stereocenters. The molecule has 0 fully saturated rings. The molecule has 0 saturated heterocycles. The maximum Gasteiger partial charge on any atom is 0.416 e. The molecule has 0 aliphatic rings. The van der Waals surface area contributed by atoms with E-state index in [2.05, 4.69) is 6.58 Å². The van der Waals surface area contributed by atoms with E-state index in [1.54, 1.807) is 12.1 Å². The summed E-state index contributed by atoms with van der Waals surface area (Å²) in [5.41, 5.74) is 0.683. The van der Waals surface area contributed by atoms with Gasteiger partial charge in [-0.05, 0) is 17.7 Å². The molecule has 3 aromatic rings. The second kappa shape index (κ2) is 4.81. The van der Waals surface area contributed by atoms with Gasteiger partial charge in [-0.15, -0.1) is 0 Å². The number of furan rings is 1. The Balaban J connectivity index is 1.95. The molecule has 0 radical (unpaired) electrons. The fraction of sp³-hybridized carbons (Fsp3) is 0.0588. The van der Waals surface area contributed by atoms with Crippen LogP contribution in [0.25, 0.3) is 27.9 Å². The fourth-order valence-electron chi connectivity index (χ4n) is 2.12. The molecule has 0 spiro atoms. The second-order valence-electron chi connectivity index (χ2n) is 4.70. The first-order valence-corrected chi connectivity index (χ1v) is 6.30.